The smallest absolute Gasteiger partial charge is 0.346 e. The van der Waals surface area contributed by atoms with Crippen LogP contribution in [-0.4, -0.2) is 20.3 Å². The van der Waals surface area contributed by atoms with Crippen LogP contribution < -0.4 is 16.6 Å². The maximum Gasteiger partial charge on any atom is 0.416 e. The Bertz CT molecular complexity index is 1610. The molecule has 0 aliphatic heterocycles. The molecule has 0 aliphatic rings. The summed E-state index contributed by atoms with van der Waals surface area (Å²) >= 11 is 6.19. The van der Waals surface area contributed by atoms with Crippen LogP contribution in [0.15, 0.2) is 76.3 Å². The van der Waals surface area contributed by atoms with Gasteiger partial charge >= 0.3 is 11.9 Å². The maximum atomic E-state index is 13.3. The van der Waals surface area contributed by atoms with Crippen LogP contribution in [0.25, 0.3) is 5.69 Å². The van der Waals surface area contributed by atoms with E-state index < -0.39 is 47.0 Å². The summed E-state index contributed by atoms with van der Waals surface area (Å²) in [5, 5.41) is 6.79. The van der Waals surface area contributed by atoms with Crippen LogP contribution in [0.3, 0.4) is 0 Å². The van der Waals surface area contributed by atoms with Crippen LogP contribution >= 0.6 is 11.6 Å². The summed E-state index contributed by atoms with van der Waals surface area (Å²) in [5.41, 5.74) is -1.85. The Morgan fingerprint density at radius 1 is 0.974 bits per heavy atom. The zero-order chi connectivity index (χ0) is 27.6. The fourth-order valence-electron chi connectivity index (χ4n) is 3.53. The van der Waals surface area contributed by atoms with Gasteiger partial charge in [-0.3, -0.25) is 14.2 Å². The van der Waals surface area contributed by atoms with Crippen molar-refractivity contribution in [1.29, 1.82) is 0 Å². The number of amides is 1. The summed E-state index contributed by atoms with van der Waals surface area (Å²) in [5.74, 6) is -1.37. The second-order valence-electron chi connectivity index (χ2n) is 8.37. The topological polar surface area (TPSA) is 86.0 Å². The number of benzene rings is 3. The van der Waals surface area contributed by atoms with E-state index in [1.54, 1.807) is 13.0 Å². The Kier molecular flexibility index (Phi) is 7.49. The number of nitrogens with one attached hydrogen (secondary N) is 1. The molecule has 0 spiro atoms. The summed E-state index contributed by atoms with van der Waals surface area (Å²) in [6.45, 7) is 1.26. The largest absolute Gasteiger partial charge is 0.416 e. The minimum absolute atomic E-state index is 0.0609. The molecule has 0 unspecified atom stereocenters. The predicted octanol–water partition coefficient (Wildman–Crippen LogP) is 4.49. The van der Waals surface area contributed by atoms with E-state index in [9.17, 15) is 31.9 Å². The molecule has 1 heterocycles. The predicted molar refractivity (Wildman–Crippen MR) is 132 cm³/mol. The maximum absolute atomic E-state index is 13.3. The Balaban J connectivity index is 1.76. The molecule has 38 heavy (non-hydrogen) atoms. The molecular weight excluding hydrogens is 528 g/mol. The van der Waals surface area contributed by atoms with E-state index in [4.69, 9.17) is 11.6 Å². The minimum atomic E-state index is -4.56. The van der Waals surface area contributed by atoms with Gasteiger partial charge in [-0.05, 0) is 60.0 Å². The van der Waals surface area contributed by atoms with Gasteiger partial charge in [-0.15, -0.1) is 0 Å². The average molecular weight is 547 g/mol. The van der Waals surface area contributed by atoms with Gasteiger partial charge in [0.2, 0.25) is 5.69 Å². The number of aryl methyl sites for hydroxylation is 1. The molecular formula is C26H19ClF4N4O3. The number of rotatable bonds is 6. The standard InChI is InChI=1S/C26H19ClF4N4O3/c1-15-2-11-20(12-21(15)27)35-25(38)34(14-17-3-7-18(8-4-17)26(29,30)31)24(37)22(33-35)23(36)32-13-16-5-9-19(28)10-6-16/h2-12H,13-14H2,1H3,(H,32,36). The lowest BCUT2D eigenvalue weighted by molar-refractivity contribution is -0.137. The molecule has 0 saturated carbocycles. The van der Waals surface area contributed by atoms with Gasteiger partial charge < -0.3 is 5.32 Å². The zero-order valence-corrected chi connectivity index (χ0v) is 20.5. The van der Waals surface area contributed by atoms with E-state index in [-0.39, 0.29) is 17.8 Å². The normalized spacial score (nSPS) is 11.4. The van der Waals surface area contributed by atoms with E-state index in [0.29, 0.717) is 20.7 Å². The van der Waals surface area contributed by atoms with Gasteiger partial charge in [-0.1, -0.05) is 41.9 Å². The quantitative estimate of drug-likeness (QED) is 0.361. The average Bonchev–Trinajstić information content (AvgIpc) is 2.87. The summed E-state index contributed by atoms with van der Waals surface area (Å²) < 4.78 is 53.5. The van der Waals surface area contributed by atoms with Gasteiger partial charge in [0.15, 0.2) is 0 Å². The molecule has 0 aliphatic carbocycles. The lowest BCUT2D eigenvalue weighted by Gasteiger charge is -2.13. The van der Waals surface area contributed by atoms with Crippen molar-refractivity contribution in [3.05, 3.63) is 126 Å². The van der Waals surface area contributed by atoms with Crippen LogP contribution in [0.1, 0.15) is 32.7 Å². The van der Waals surface area contributed by atoms with Gasteiger partial charge in [0, 0.05) is 11.6 Å². The van der Waals surface area contributed by atoms with Crippen LogP contribution in [0.4, 0.5) is 17.6 Å². The first-order chi connectivity index (χ1) is 17.9. The van der Waals surface area contributed by atoms with E-state index in [1.165, 1.54) is 36.4 Å². The fraction of sp³-hybridized carbons (Fsp3) is 0.154. The van der Waals surface area contributed by atoms with Crippen molar-refractivity contribution < 1.29 is 22.4 Å². The third kappa shape index (κ3) is 5.83. The molecule has 0 bridgehead atoms. The number of aromatic nitrogens is 3. The highest BCUT2D eigenvalue weighted by molar-refractivity contribution is 6.31. The Hall–Kier alpha value is -4.25. The third-order valence-corrected chi connectivity index (χ3v) is 6.07. The fourth-order valence-corrected chi connectivity index (χ4v) is 3.70. The number of carbonyl (C=O) groups excluding carboxylic acids is 1. The number of nitrogens with zero attached hydrogens (tertiary/aromatic N) is 3. The van der Waals surface area contributed by atoms with Gasteiger partial charge in [-0.25, -0.2) is 9.18 Å². The first kappa shape index (κ1) is 26.8. The Morgan fingerprint density at radius 3 is 2.21 bits per heavy atom. The van der Waals surface area contributed by atoms with E-state index in [1.807, 2.05) is 0 Å². The highest BCUT2D eigenvalue weighted by Gasteiger charge is 2.30. The van der Waals surface area contributed by atoms with E-state index >= 15 is 0 Å². The molecule has 0 radical (unpaired) electrons. The molecule has 0 atom stereocenters. The second kappa shape index (κ2) is 10.6. The number of hydrogen-bond donors (Lipinski definition) is 1. The van der Waals surface area contributed by atoms with E-state index in [2.05, 4.69) is 10.4 Å². The zero-order valence-electron chi connectivity index (χ0n) is 19.7. The molecule has 196 valence electrons. The summed E-state index contributed by atoms with van der Waals surface area (Å²) in [4.78, 5) is 39.4. The molecule has 12 heteroatoms. The minimum Gasteiger partial charge on any atom is -0.346 e. The van der Waals surface area contributed by atoms with Crippen molar-refractivity contribution in [1.82, 2.24) is 19.7 Å². The van der Waals surface area contributed by atoms with Crippen LogP contribution in [0.5, 0.6) is 0 Å². The number of hydrogen-bond acceptors (Lipinski definition) is 4. The molecule has 0 fully saturated rings. The molecule has 3 aromatic carbocycles. The van der Waals surface area contributed by atoms with Gasteiger partial charge in [-0.2, -0.15) is 23.0 Å². The molecule has 1 N–H and O–H groups in total. The second-order valence-corrected chi connectivity index (χ2v) is 8.78. The molecule has 7 nitrogen and oxygen atoms in total. The van der Waals surface area contributed by atoms with E-state index in [0.717, 1.165) is 28.9 Å². The molecule has 1 amide bonds. The number of halogens is 5. The first-order valence-electron chi connectivity index (χ1n) is 11.1. The summed E-state index contributed by atoms with van der Waals surface area (Å²) in [7, 11) is 0. The van der Waals surface area contributed by atoms with Crippen molar-refractivity contribution >= 4 is 17.5 Å². The van der Waals surface area contributed by atoms with Crippen LogP contribution in [0, 0.1) is 12.7 Å². The molecule has 4 rings (SSSR count). The van der Waals surface area contributed by atoms with Crippen LogP contribution in [-0.2, 0) is 19.3 Å². The lowest BCUT2D eigenvalue weighted by atomic mass is 10.1. The van der Waals surface area contributed by atoms with Crippen molar-refractivity contribution in [2.45, 2.75) is 26.2 Å². The summed E-state index contributed by atoms with van der Waals surface area (Å²) in [6, 6.07) is 13.8. The highest BCUT2D eigenvalue weighted by Crippen LogP contribution is 2.29. The monoisotopic (exact) mass is 546 g/mol. The lowest BCUT2D eigenvalue weighted by Crippen LogP contribution is -2.46. The Labute approximate surface area is 217 Å². The van der Waals surface area contributed by atoms with Gasteiger partial charge in [0.25, 0.3) is 11.5 Å². The Morgan fingerprint density at radius 2 is 1.61 bits per heavy atom. The van der Waals surface area contributed by atoms with Crippen LogP contribution in [0.2, 0.25) is 5.02 Å². The molecule has 1 aromatic heterocycles. The number of alkyl halides is 3. The molecule has 4 aromatic rings. The van der Waals surface area contributed by atoms with Crippen molar-refractivity contribution in [2.75, 3.05) is 0 Å². The molecule has 0 saturated heterocycles. The van der Waals surface area contributed by atoms with Gasteiger partial charge in [0.1, 0.15) is 5.82 Å². The van der Waals surface area contributed by atoms with Crippen molar-refractivity contribution in [3.63, 3.8) is 0 Å². The highest BCUT2D eigenvalue weighted by atomic mass is 35.5. The third-order valence-electron chi connectivity index (χ3n) is 5.66. The SMILES string of the molecule is Cc1ccc(-n2nc(C(=O)NCc3ccc(F)cc3)c(=O)n(Cc3ccc(C(F)(F)F)cc3)c2=O)cc1Cl. The van der Waals surface area contributed by atoms with Gasteiger partial charge in [0.05, 0.1) is 17.8 Å². The summed E-state index contributed by atoms with van der Waals surface area (Å²) in [6.07, 6.45) is -4.56. The van der Waals surface area contributed by atoms with Crippen molar-refractivity contribution in [3.8, 4) is 5.69 Å². The van der Waals surface area contributed by atoms with Crippen molar-refractivity contribution in [2.24, 2.45) is 0 Å². The first-order valence-corrected chi connectivity index (χ1v) is 11.5. The number of carbonyl (C=O) groups is 1.